The molecule has 0 saturated carbocycles. The zero-order chi connectivity index (χ0) is 33.6. The smallest absolute Gasteiger partial charge is 0.313 e. The highest BCUT2D eigenvalue weighted by Gasteiger charge is 2.72. The second-order valence-electron chi connectivity index (χ2n) is 13.2. The van der Waals surface area contributed by atoms with Crippen molar-refractivity contribution in [2.75, 3.05) is 25.1 Å². The van der Waals surface area contributed by atoms with Crippen LogP contribution in [0.15, 0.2) is 72.8 Å². The number of aryl methyl sites for hydroxylation is 2. The van der Waals surface area contributed by atoms with Gasteiger partial charge in [-0.05, 0) is 56.9 Å². The highest BCUT2D eigenvalue weighted by Crippen LogP contribution is 2.54. The Morgan fingerprint density at radius 1 is 1.02 bits per heavy atom. The maximum atomic E-state index is 14.7. The molecule has 2 aromatic carbocycles. The minimum Gasteiger partial charge on any atom is -0.455 e. The first-order valence-corrected chi connectivity index (χ1v) is 16.3. The Hall–Kier alpha value is -4.28. The van der Waals surface area contributed by atoms with Gasteiger partial charge in [-0.1, -0.05) is 66.8 Å². The third-order valence-electron chi connectivity index (χ3n) is 10.3. The first-order valence-electron chi connectivity index (χ1n) is 16.3. The standard InChI is InChI=1S/C37H43N3O7/c1-22-16-17-23(2)27(20-22)39-19-11-18-37-31(34(43)40(24(3)21-41)33(37)35(39)44)30-28(47-37)14-9-10-15-29(42)38(5)25(4)32(46-36(30)45)26-12-7-6-8-13-26/h6-9,11-14,16-18,20,24-25,28,30-33,41H,10,15,19,21H2,1-5H3/b14-9-/t24-,25-,28-,30+,31+,32+,33-,37+/m1/s1. The number of hydrogen-bond acceptors (Lipinski definition) is 7. The van der Waals surface area contributed by atoms with Crippen LogP contribution in [0.1, 0.15) is 49.5 Å². The molecule has 4 heterocycles. The fourth-order valence-electron chi connectivity index (χ4n) is 7.62. The van der Waals surface area contributed by atoms with Crippen molar-refractivity contribution >= 4 is 29.4 Å². The summed E-state index contributed by atoms with van der Waals surface area (Å²) < 4.78 is 13.1. The molecular weight excluding hydrogens is 598 g/mol. The molecule has 47 heavy (non-hydrogen) atoms. The van der Waals surface area contributed by atoms with E-state index < -0.39 is 59.6 Å². The van der Waals surface area contributed by atoms with E-state index in [0.717, 1.165) is 16.8 Å². The average molecular weight is 642 g/mol. The lowest BCUT2D eigenvalue weighted by atomic mass is 9.77. The molecule has 1 spiro atoms. The molecule has 0 bridgehead atoms. The predicted molar refractivity (Wildman–Crippen MR) is 175 cm³/mol. The van der Waals surface area contributed by atoms with Gasteiger partial charge in [0.2, 0.25) is 11.8 Å². The van der Waals surface area contributed by atoms with E-state index in [4.69, 9.17) is 9.47 Å². The lowest BCUT2D eigenvalue weighted by Gasteiger charge is -2.37. The molecule has 2 aromatic rings. The number of carbonyl (C=O) groups excluding carboxylic acids is 4. The van der Waals surface area contributed by atoms with Crippen molar-refractivity contribution in [3.63, 3.8) is 0 Å². The summed E-state index contributed by atoms with van der Waals surface area (Å²) in [5.74, 6) is -3.70. The number of carbonyl (C=O) groups is 4. The molecule has 0 aromatic heterocycles. The van der Waals surface area contributed by atoms with Gasteiger partial charge in [0.25, 0.3) is 5.91 Å². The van der Waals surface area contributed by atoms with Crippen LogP contribution in [0.5, 0.6) is 0 Å². The number of anilines is 1. The van der Waals surface area contributed by atoms with Crippen molar-refractivity contribution in [3.05, 3.63) is 89.5 Å². The van der Waals surface area contributed by atoms with Gasteiger partial charge in [0, 0.05) is 25.7 Å². The molecule has 3 amide bonds. The number of likely N-dealkylation sites (tertiary alicyclic amines) is 1. The summed E-state index contributed by atoms with van der Waals surface area (Å²) in [4.78, 5) is 61.6. The van der Waals surface area contributed by atoms with Crippen LogP contribution < -0.4 is 4.90 Å². The Morgan fingerprint density at radius 3 is 2.49 bits per heavy atom. The van der Waals surface area contributed by atoms with Crippen LogP contribution in [-0.2, 0) is 28.7 Å². The molecule has 2 fully saturated rings. The molecule has 0 aliphatic carbocycles. The molecule has 2 saturated heterocycles. The number of fused-ring (bicyclic) bond motifs is 2. The van der Waals surface area contributed by atoms with Gasteiger partial charge in [-0.3, -0.25) is 19.2 Å². The van der Waals surface area contributed by atoms with Crippen LogP contribution in [0.3, 0.4) is 0 Å². The molecule has 248 valence electrons. The normalized spacial score (nSPS) is 32.5. The van der Waals surface area contributed by atoms with Crippen LogP contribution in [0.25, 0.3) is 0 Å². The van der Waals surface area contributed by atoms with E-state index in [0.29, 0.717) is 12.0 Å². The molecule has 1 N–H and O–H groups in total. The van der Waals surface area contributed by atoms with Gasteiger partial charge in [-0.2, -0.15) is 0 Å². The van der Waals surface area contributed by atoms with E-state index in [9.17, 15) is 24.3 Å². The summed E-state index contributed by atoms with van der Waals surface area (Å²) in [5.41, 5.74) is 1.82. The summed E-state index contributed by atoms with van der Waals surface area (Å²) >= 11 is 0. The maximum absolute atomic E-state index is 14.7. The number of allylic oxidation sites excluding steroid dienone is 1. The Balaban J connectivity index is 1.47. The summed E-state index contributed by atoms with van der Waals surface area (Å²) in [5, 5.41) is 10.3. The van der Waals surface area contributed by atoms with Crippen LogP contribution >= 0.6 is 0 Å². The monoisotopic (exact) mass is 641 g/mol. The number of aliphatic hydroxyl groups excluding tert-OH is 1. The van der Waals surface area contributed by atoms with Crippen LogP contribution in [-0.4, -0.2) is 88.6 Å². The van der Waals surface area contributed by atoms with Crippen molar-refractivity contribution in [1.82, 2.24) is 9.80 Å². The average Bonchev–Trinajstić information content (AvgIpc) is 3.46. The minimum absolute atomic E-state index is 0.0910. The van der Waals surface area contributed by atoms with Crippen LogP contribution in [0.4, 0.5) is 5.69 Å². The number of hydrogen-bond donors (Lipinski definition) is 1. The quantitative estimate of drug-likeness (QED) is 0.400. The van der Waals surface area contributed by atoms with E-state index in [2.05, 4.69) is 0 Å². The van der Waals surface area contributed by atoms with Crippen molar-refractivity contribution in [3.8, 4) is 0 Å². The number of aliphatic hydroxyl groups is 1. The molecule has 10 heteroatoms. The topological polar surface area (TPSA) is 117 Å². The van der Waals surface area contributed by atoms with Crippen molar-refractivity contribution in [2.24, 2.45) is 11.8 Å². The molecule has 10 nitrogen and oxygen atoms in total. The van der Waals surface area contributed by atoms with E-state index in [1.54, 1.807) is 42.0 Å². The number of rotatable bonds is 4. The molecular formula is C37H43N3O7. The number of amides is 3. The number of ether oxygens (including phenoxy) is 2. The Labute approximate surface area is 275 Å². The van der Waals surface area contributed by atoms with Gasteiger partial charge in [-0.25, -0.2) is 0 Å². The summed E-state index contributed by atoms with van der Waals surface area (Å²) in [6, 6.07) is 12.8. The van der Waals surface area contributed by atoms with Gasteiger partial charge in [0.15, 0.2) is 0 Å². The van der Waals surface area contributed by atoms with Gasteiger partial charge in [0.05, 0.1) is 30.7 Å². The van der Waals surface area contributed by atoms with Crippen molar-refractivity contribution in [1.29, 1.82) is 0 Å². The molecule has 0 unspecified atom stereocenters. The minimum atomic E-state index is -1.50. The zero-order valence-electron chi connectivity index (χ0n) is 27.5. The lowest BCUT2D eigenvalue weighted by Crippen LogP contribution is -2.57. The predicted octanol–water partition coefficient (Wildman–Crippen LogP) is 3.65. The maximum Gasteiger partial charge on any atom is 0.313 e. The highest BCUT2D eigenvalue weighted by molar-refractivity contribution is 6.06. The molecule has 0 radical (unpaired) electrons. The Morgan fingerprint density at radius 2 is 1.77 bits per heavy atom. The summed E-state index contributed by atoms with van der Waals surface area (Å²) in [7, 11) is 1.70. The summed E-state index contributed by atoms with van der Waals surface area (Å²) in [6.45, 7) is 7.28. The molecule has 8 atom stereocenters. The van der Waals surface area contributed by atoms with Gasteiger partial charge in [-0.15, -0.1) is 0 Å². The third-order valence-corrected chi connectivity index (χ3v) is 10.3. The first kappa shape index (κ1) is 32.7. The largest absolute Gasteiger partial charge is 0.455 e. The Bertz CT molecular complexity index is 1620. The van der Waals surface area contributed by atoms with Gasteiger partial charge < -0.3 is 29.3 Å². The van der Waals surface area contributed by atoms with E-state index in [-0.39, 0.29) is 31.4 Å². The Kier molecular flexibility index (Phi) is 8.84. The molecule has 4 aliphatic rings. The van der Waals surface area contributed by atoms with E-state index >= 15 is 0 Å². The number of nitrogens with zero attached hydrogens (tertiary/aromatic N) is 3. The number of benzene rings is 2. The van der Waals surface area contributed by atoms with E-state index in [1.807, 2.05) is 75.4 Å². The summed E-state index contributed by atoms with van der Waals surface area (Å²) in [6.07, 6.45) is 6.07. The van der Waals surface area contributed by atoms with Crippen LogP contribution in [0, 0.1) is 25.7 Å². The zero-order valence-corrected chi connectivity index (χ0v) is 27.5. The number of esters is 1. The second kappa shape index (κ2) is 12.7. The number of cyclic esters (lactones) is 1. The number of likely N-dealkylation sites (N-methyl/N-ethyl adjacent to an activating group) is 1. The van der Waals surface area contributed by atoms with Crippen molar-refractivity contribution in [2.45, 2.75) is 76.5 Å². The highest BCUT2D eigenvalue weighted by atomic mass is 16.6. The third kappa shape index (κ3) is 5.47. The van der Waals surface area contributed by atoms with Gasteiger partial charge >= 0.3 is 5.97 Å². The lowest BCUT2D eigenvalue weighted by molar-refractivity contribution is -0.164. The fourth-order valence-corrected chi connectivity index (χ4v) is 7.62. The fraction of sp³-hybridized carbons (Fsp3) is 0.459. The second-order valence-corrected chi connectivity index (χ2v) is 13.2. The molecule has 6 rings (SSSR count). The SMILES string of the molecule is Cc1ccc(C)c(N2CC=C[C@]34O[C@@H]5/C=C\CCC(=O)N(C)[C@H](C)[C@@H](c6ccccc6)OC(=O)[C@@H]5[C@H]3C(=O)N([C@H](C)CO)[C@@H]4C2=O)c1. The molecule has 4 aliphatic heterocycles. The van der Waals surface area contributed by atoms with Crippen LogP contribution in [0.2, 0.25) is 0 Å². The van der Waals surface area contributed by atoms with Crippen molar-refractivity contribution < 1.29 is 33.8 Å². The van der Waals surface area contributed by atoms with Gasteiger partial charge in [0.1, 0.15) is 23.7 Å². The first-order chi connectivity index (χ1) is 22.5. The van der Waals surface area contributed by atoms with E-state index in [1.165, 1.54) is 4.90 Å².